The zero-order valence-electron chi connectivity index (χ0n) is 14.7. The van der Waals surface area contributed by atoms with Crippen molar-refractivity contribution in [2.75, 3.05) is 42.9 Å². The van der Waals surface area contributed by atoms with E-state index in [0.717, 1.165) is 44.1 Å². The number of aromatic nitrogens is 1. The molecule has 2 heterocycles. The number of piperazine rings is 1. The van der Waals surface area contributed by atoms with E-state index in [1.165, 1.54) is 10.6 Å². The average molecular weight is 340 g/mol. The highest BCUT2D eigenvalue weighted by Gasteiger charge is 2.19. The van der Waals surface area contributed by atoms with E-state index in [0.29, 0.717) is 5.56 Å². The molecule has 0 aliphatic carbocycles. The minimum Gasteiger partial charge on any atom is -0.367 e. The molecule has 25 heavy (non-hydrogen) atoms. The van der Waals surface area contributed by atoms with Crippen molar-refractivity contribution in [2.24, 2.45) is 7.05 Å². The van der Waals surface area contributed by atoms with E-state index >= 15 is 0 Å². The molecule has 0 saturated carbocycles. The van der Waals surface area contributed by atoms with Crippen LogP contribution in [-0.4, -0.2) is 48.1 Å². The highest BCUT2D eigenvalue weighted by atomic mass is 16.2. The third kappa shape index (κ3) is 3.91. The summed E-state index contributed by atoms with van der Waals surface area (Å²) in [6, 6.07) is 10.8. The topological polar surface area (TPSA) is 57.6 Å². The van der Waals surface area contributed by atoms with Gasteiger partial charge in [0.05, 0.1) is 11.4 Å². The lowest BCUT2D eigenvalue weighted by Gasteiger charge is -2.36. The highest BCUT2D eigenvalue weighted by Crippen LogP contribution is 2.27. The van der Waals surface area contributed by atoms with Crippen LogP contribution in [0.4, 0.5) is 11.4 Å². The SMILES string of the molecule is CCN1CCN(c2ccccc2NC(=O)c2ccn(C)c(=O)c2)CC1. The highest BCUT2D eigenvalue weighted by molar-refractivity contribution is 6.05. The number of rotatable bonds is 4. The fourth-order valence-corrected chi connectivity index (χ4v) is 3.04. The summed E-state index contributed by atoms with van der Waals surface area (Å²) in [6.45, 7) is 7.16. The van der Waals surface area contributed by atoms with Gasteiger partial charge in [-0.05, 0) is 24.7 Å². The van der Waals surface area contributed by atoms with E-state index in [9.17, 15) is 9.59 Å². The first-order chi connectivity index (χ1) is 12.1. The van der Waals surface area contributed by atoms with Gasteiger partial charge in [-0.2, -0.15) is 0 Å². The van der Waals surface area contributed by atoms with Gasteiger partial charge in [-0.15, -0.1) is 0 Å². The van der Waals surface area contributed by atoms with Crippen molar-refractivity contribution in [3.63, 3.8) is 0 Å². The normalized spacial score (nSPS) is 15.2. The van der Waals surface area contributed by atoms with Crippen molar-refractivity contribution < 1.29 is 4.79 Å². The largest absolute Gasteiger partial charge is 0.367 e. The van der Waals surface area contributed by atoms with Crippen molar-refractivity contribution in [2.45, 2.75) is 6.92 Å². The Bertz CT molecular complexity index is 807. The van der Waals surface area contributed by atoms with Crippen LogP contribution < -0.4 is 15.8 Å². The number of pyridine rings is 1. The number of anilines is 2. The molecule has 1 aliphatic heterocycles. The first-order valence-corrected chi connectivity index (χ1v) is 8.63. The van der Waals surface area contributed by atoms with Gasteiger partial charge in [-0.25, -0.2) is 0 Å². The van der Waals surface area contributed by atoms with E-state index in [1.807, 2.05) is 24.3 Å². The lowest BCUT2D eigenvalue weighted by atomic mass is 10.2. The maximum absolute atomic E-state index is 12.5. The molecular formula is C19H24N4O2. The molecule has 1 amide bonds. The van der Waals surface area contributed by atoms with Gasteiger partial charge in [0.25, 0.3) is 11.5 Å². The predicted molar refractivity (Wildman–Crippen MR) is 100 cm³/mol. The number of hydrogen-bond acceptors (Lipinski definition) is 4. The predicted octanol–water partition coefficient (Wildman–Crippen LogP) is 1.78. The molecule has 0 spiro atoms. The first kappa shape index (κ1) is 17.2. The molecule has 1 N–H and O–H groups in total. The summed E-state index contributed by atoms with van der Waals surface area (Å²) < 4.78 is 1.44. The van der Waals surface area contributed by atoms with E-state index < -0.39 is 0 Å². The molecule has 6 heteroatoms. The molecule has 1 aliphatic rings. The summed E-state index contributed by atoms with van der Waals surface area (Å²) in [5, 5.41) is 2.95. The maximum atomic E-state index is 12.5. The Morgan fingerprint density at radius 3 is 2.52 bits per heavy atom. The summed E-state index contributed by atoms with van der Waals surface area (Å²) in [5.41, 5.74) is 1.97. The molecule has 0 unspecified atom stereocenters. The van der Waals surface area contributed by atoms with Gasteiger partial charge in [-0.3, -0.25) is 9.59 Å². The van der Waals surface area contributed by atoms with Crippen molar-refractivity contribution in [3.8, 4) is 0 Å². The molecule has 3 rings (SSSR count). The number of para-hydroxylation sites is 2. The molecule has 0 radical (unpaired) electrons. The zero-order valence-corrected chi connectivity index (χ0v) is 14.7. The van der Waals surface area contributed by atoms with Crippen LogP contribution in [0.15, 0.2) is 47.4 Å². The molecule has 0 atom stereocenters. The number of nitrogens with one attached hydrogen (secondary N) is 1. The maximum Gasteiger partial charge on any atom is 0.255 e. The van der Waals surface area contributed by atoms with Crippen LogP contribution in [-0.2, 0) is 7.05 Å². The zero-order chi connectivity index (χ0) is 17.8. The molecule has 132 valence electrons. The molecule has 0 bridgehead atoms. The summed E-state index contributed by atoms with van der Waals surface area (Å²) in [6.07, 6.45) is 1.60. The summed E-state index contributed by atoms with van der Waals surface area (Å²) in [4.78, 5) is 29.0. The molecular weight excluding hydrogens is 316 g/mol. The van der Waals surface area contributed by atoms with Gasteiger partial charge in [0.1, 0.15) is 0 Å². The number of likely N-dealkylation sites (N-methyl/N-ethyl adjacent to an activating group) is 1. The second-order valence-electron chi connectivity index (χ2n) is 6.26. The van der Waals surface area contributed by atoms with E-state index in [1.54, 1.807) is 19.3 Å². The second kappa shape index (κ2) is 7.53. The Kier molecular flexibility index (Phi) is 5.19. The van der Waals surface area contributed by atoms with Crippen molar-refractivity contribution >= 4 is 17.3 Å². The third-order valence-corrected chi connectivity index (χ3v) is 4.68. The standard InChI is InChI=1S/C19H24N4O2/c1-3-22-10-12-23(13-11-22)17-7-5-4-6-16(17)20-19(25)15-8-9-21(2)18(24)14-15/h4-9,14H,3,10-13H2,1-2H3,(H,20,25). The van der Waals surface area contributed by atoms with Gasteiger partial charge >= 0.3 is 0 Å². The fourth-order valence-electron chi connectivity index (χ4n) is 3.04. The number of carbonyl (C=O) groups is 1. The smallest absolute Gasteiger partial charge is 0.255 e. The Balaban J connectivity index is 1.78. The van der Waals surface area contributed by atoms with Gasteiger partial charge in [-0.1, -0.05) is 19.1 Å². The van der Waals surface area contributed by atoms with Gasteiger partial charge in [0, 0.05) is 51.1 Å². The van der Waals surface area contributed by atoms with Crippen LogP contribution in [0.1, 0.15) is 17.3 Å². The van der Waals surface area contributed by atoms with Crippen molar-refractivity contribution in [3.05, 3.63) is 58.5 Å². The minimum absolute atomic E-state index is 0.198. The molecule has 1 aromatic heterocycles. The van der Waals surface area contributed by atoms with Crippen molar-refractivity contribution in [1.29, 1.82) is 0 Å². The fraction of sp³-hybridized carbons (Fsp3) is 0.368. The summed E-state index contributed by atoms with van der Waals surface area (Å²) >= 11 is 0. The average Bonchev–Trinajstić information content (AvgIpc) is 2.64. The first-order valence-electron chi connectivity index (χ1n) is 8.63. The number of hydrogen-bond donors (Lipinski definition) is 1. The van der Waals surface area contributed by atoms with Crippen LogP contribution in [0, 0.1) is 0 Å². The van der Waals surface area contributed by atoms with Gasteiger partial charge in [0.2, 0.25) is 0 Å². The van der Waals surface area contributed by atoms with Gasteiger partial charge < -0.3 is 19.7 Å². The molecule has 1 saturated heterocycles. The van der Waals surface area contributed by atoms with E-state index in [4.69, 9.17) is 0 Å². The van der Waals surface area contributed by atoms with Crippen LogP contribution in [0.25, 0.3) is 0 Å². The summed E-state index contributed by atoms with van der Waals surface area (Å²) in [7, 11) is 1.66. The Morgan fingerprint density at radius 2 is 1.84 bits per heavy atom. The lowest BCUT2D eigenvalue weighted by Crippen LogP contribution is -2.46. The number of amides is 1. The van der Waals surface area contributed by atoms with Gasteiger partial charge in [0.15, 0.2) is 0 Å². The van der Waals surface area contributed by atoms with Crippen LogP contribution in [0.5, 0.6) is 0 Å². The van der Waals surface area contributed by atoms with Crippen molar-refractivity contribution in [1.82, 2.24) is 9.47 Å². The Labute approximate surface area is 147 Å². The Morgan fingerprint density at radius 1 is 1.12 bits per heavy atom. The monoisotopic (exact) mass is 340 g/mol. The minimum atomic E-state index is -0.266. The molecule has 1 fully saturated rings. The summed E-state index contributed by atoms with van der Waals surface area (Å²) in [5.74, 6) is -0.266. The molecule has 2 aromatic rings. The third-order valence-electron chi connectivity index (χ3n) is 4.68. The van der Waals surface area contributed by atoms with E-state index in [-0.39, 0.29) is 11.5 Å². The number of carbonyl (C=O) groups excluding carboxylic acids is 1. The van der Waals surface area contributed by atoms with Crippen LogP contribution >= 0.6 is 0 Å². The Hall–Kier alpha value is -2.60. The second-order valence-corrected chi connectivity index (χ2v) is 6.26. The van der Waals surface area contributed by atoms with E-state index in [2.05, 4.69) is 22.0 Å². The lowest BCUT2D eigenvalue weighted by molar-refractivity contribution is 0.102. The van der Waals surface area contributed by atoms with Crippen LogP contribution in [0.2, 0.25) is 0 Å². The molecule has 1 aromatic carbocycles. The number of nitrogens with zero attached hydrogens (tertiary/aromatic N) is 3. The number of aryl methyl sites for hydroxylation is 1. The molecule has 6 nitrogen and oxygen atoms in total. The quantitative estimate of drug-likeness (QED) is 0.922. The number of benzene rings is 1. The van der Waals surface area contributed by atoms with Crippen LogP contribution in [0.3, 0.4) is 0 Å².